The molecule has 0 atom stereocenters. The van der Waals surface area contributed by atoms with Crippen molar-refractivity contribution in [1.29, 1.82) is 0 Å². The number of rotatable bonds is 5. The Balaban J connectivity index is 1.67. The molecule has 27 heavy (non-hydrogen) atoms. The second-order valence-electron chi connectivity index (χ2n) is 6.18. The van der Waals surface area contributed by atoms with Crippen molar-refractivity contribution in [2.45, 2.75) is 13.8 Å². The van der Waals surface area contributed by atoms with Crippen LogP contribution in [0.5, 0.6) is 5.75 Å². The molecule has 0 aliphatic heterocycles. The van der Waals surface area contributed by atoms with Crippen LogP contribution in [0, 0.1) is 13.8 Å². The number of ketones is 1. The summed E-state index contributed by atoms with van der Waals surface area (Å²) in [6, 6.07) is 15.6. The van der Waals surface area contributed by atoms with Gasteiger partial charge in [0.25, 0.3) is 0 Å². The number of ether oxygens (including phenoxy) is 1. The Bertz CT molecular complexity index is 1000. The molecular formula is C22H20N2O3. The Morgan fingerprint density at radius 1 is 0.963 bits per heavy atom. The third-order valence-electron chi connectivity index (χ3n) is 4.32. The van der Waals surface area contributed by atoms with Gasteiger partial charge in [-0.1, -0.05) is 30.3 Å². The van der Waals surface area contributed by atoms with E-state index in [2.05, 4.69) is 5.10 Å². The van der Waals surface area contributed by atoms with Gasteiger partial charge in [-0.05, 0) is 44.2 Å². The van der Waals surface area contributed by atoms with Gasteiger partial charge in [-0.3, -0.25) is 9.48 Å². The number of carbonyl (C=O) groups is 2. The molecule has 136 valence electrons. The highest BCUT2D eigenvalue weighted by Gasteiger charge is 2.10. The van der Waals surface area contributed by atoms with E-state index in [1.54, 1.807) is 47.2 Å². The van der Waals surface area contributed by atoms with Crippen molar-refractivity contribution < 1.29 is 14.3 Å². The van der Waals surface area contributed by atoms with E-state index >= 15 is 0 Å². The fourth-order valence-corrected chi connectivity index (χ4v) is 2.76. The van der Waals surface area contributed by atoms with Crippen LogP contribution < -0.4 is 4.74 Å². The Labute approximate surface area is 157 Å². The van der Waals surface area contributed by atoms with E-state index in [1.807, 2.05) is 39.1 Å². The van der Waals surface area contributed by atoms with Crippen LogP contribution in [0.15, 0.2) is 60.7 Å². The van der Waals surface area contributed by atoms with E-state index in [0.717, 1.165) is 17.0 Å². The van der Waals surface area contributed by atoms with Crippen molar-refractivity contribution in [2.24, 2.45) is 7.05 Å². The SMILES string of the molecule is Cc1nn(C)c(C)c1/C=C/C(=O)Oc1ccc(C(=O)c2ccccc2)cc1. The van der Waals surface area contributed by atoms with Crippen LogP contribution in [-0.4, -0.2) is 21.5 Å². The molecule has 0 aliphatic carbocycles. The first-order valence-corrected chi connectivity index (χ1v) is 8.55. The largest absolute Gasteiger partial charge is 0.423 e. The zero-order valence-electron chi connectivity index (χ0n) is 15.5. The molecule has 0 fully saturated rings. The summed E-state index contributed by atoms with van der Waals surface area (Å²) in [4.78, 5) is 24.4. The molecule has 1 heterocycles. The summed E-state index contributed by atoms with van der Waals surface area (Å²) >= 11 is 0. The van der Waals surface area contributed by atoms with Crippen LogP contribution >= 0.6 is 0 Å². The predicted molar refractivity (Wildman–Crippen MR) is 104 cm³/mol. The first kappa shape index (κ1) is 18.3. The molecule has 5 heteroatoms. The molecule has 1 aromatic heterocycles. The lowest BCUT2D eigenvalue weighted by Crippen LogP contribution is -2.05. The molecule has 5 nitrogen and oxygen atoms in total. The number of carbonyl (C=O) groups excluding carboxylic acids is 2. The number of hydrogen-bond acceptors (Lipinski definition) is 4. The van der Waals surface area contributed by atoms with E-state index in [9.17, 15) is 9.59 Å². The highest BCUT2D eigenvalue weighted by Crippen LogP contribution is 2.17. The number of aromatic nitrogens is 2. The van der Waals surface area contributed by atoms with E-state index < -0.39 is 5.97 Å². The molecule has 3 aromatic rings. The van der Waals surface area contributed by atoms with Crippen LogP contribution in [0.2, 0.25) is 0 Å². The maximum atomic E-state index is 12.4. The van der Waals surface area contributed by atoms with Crippen LogP contribution in [-0.2, 0) is 11.8 Å². The second-order valence-corrected chi connectivity index (χ2v) is 6.18. The van der Waals surface area contributed by atoms with E-state index in [-0.39, 0.29) is 5.78 Å². The Hall–Kier alpha value is -3.47. The molecule has 0 N–H and O–H groups in total. The van der Waals surface area contributed by atoms with Crippen LogP contribution in [0.4, 0.5) is 0 Å². The Morgan fingerprint density at radius 2 is 1.59 bits per heavy atom. The highest BCUT2D eigenvalue weighted by molar-refractivity contribution is 6.09. The summed E-state index contributed by atoms with van der Waals surface area (Å²) in [5.74, 6) is -0.176. The summed E-state index contributed by atoms with van der Waals surface area (Å²) in [6.07, 6.45) is 3.08. The van der Waals surface area contributed by atoms with Gasteiger partial charge in [0.2, 0.25) is 0 Å². The molecular weight excluding hydrogens is 340 g/mol. The first-order chi connectivity index (χ1) is 13.0. The van der Waals surface area contributed by atoms with E-state index in [1.165, 1.54) is 6.08 Å². The summed E-state index contributed by atoms with van der Waals surface area (Å²) in [5, 5.41) is 4.31. The first-order valence-electron chi connectivity index (χ1n) is 8.55. The second kappa shape index (κ2) is 7.83. The third kappa shape index (κ3) is 4.20. The van der Waals surface area contributed by atoms with Crippen molar-refractivity contribution in [3.63, 3.8) is 0 Å². The quantitative estimate of drug-likeness (QED) is 0.300. The van der Waals surface area contributed by atoms with Crippen molar-refractivity contribution >= 4 is 17.8 Å². The zero-order valence-corrected chi connectivity index (χ0v) is 15.5. The maximum Gasteiger partial charge on any atom is 0.336 e. The Morgan fingerprint density at radius 3 is 2.19 bits per heavy atom. The predicted octanol–water partition coefficient (Wildman–Crippen LogP) is 3.89. The fourth-order valence-electron chi connectivity index (χ4n) is 2.76. The monoisotopic (exact) mass is 360 g/mol. The van der Waals surface area contributed by atoms with Crippen LogP contribution in [0.25, 0.3) is 6.08 Å². The van der Waals surface area contributed by atoms with Gasteiger partial charge in [0.1, 0.15) is 5.75 Å². The average molecular weight is 360 g/mol. The minimum atomic E-state index is -0.486. The molecule has 0 bridgehead atoms. The van der Waals surface area contributed by atoms with Crippen molar-refractivity contribution in [2.75, 3.05) is 0 Å². The molecule has 0 spiro atoms. The van der Waals surface area contributed by atoms with Crippen molar-refractivity contribution in [3.8, 4) is 5.75 Å². The van der Waals surface area contributed by atoms with Gasteiger partial charge in [-0.25, -0.2) is 4.79 Å². The maximum absolute atomic E-state index is 12.4. The van der Waals surface area contributed by atoms with Gasteiger partial charge in [-0.15, -0.1) is 0 Å². The van der Waals surface area contributed by atoms with E-state index in [4.69, 9.17) is 4.74 Å². The number of nitrogens with zero attached hydrogens (tertiary/aromatic N) is 2. The van der Waals surface area contributed by atoms with Gasteiger partial charge in [0, 0.05) is 35.5 Å². The van der Waals surface area contributed by atoms with Gasteiger partial charge in [0.05, 0.1) is 5.69 Å². The van der Waals surface area contributed by atoms with Crippen LogP contribution in [0.3, 0.4) is 0 Å². The normalized spacial score (nSPS) is 10.9. The zero-order chi connectivity index (χ0) is 19.4. The van der Waals surface area contributed by atoms with Crippen molar-refractivity contribution in [3.05, 3.63) is 88.8 Å². The third-order valence-corrected chi connectivity index (χ3v) is 4.32. The topological polar surface area (TPSA) is 61.2 Å². The number of benzene rings is 2. The van der Waals surface area contributed by atoms with Crippen molar-refractivity contribution in [1.82, 2.24) is 9.78 Å². The fraction of sp³-hybridized carbons (Fsp3) is 0.136. The molecule has 3 rings (SSSR count). The molecule has 0 saturated heterocycles. The highest BCUT2D eigenvalue weighted by atomic mass is 16.5. The number of aryl methyl sites for hydroxylation is 2. The minimum absolute atomic E-state index is 0.0732. The standard InChI is InChI=1S/C22H20N2O3/c1-15-20(16(2)24(3)23-15)13-14-21(25)27-19-11-9-18(10-12-19)22(26)17-7-5-4-6-8-17/h4-14H,1-3H3/b14-13+. The van der Waals surface area contributed by atoms with Crippen LogP contribution in [0.1, 0.15) is 32.9 Å². The Kier molecular flexibility index (Phi) is 5.31. The molecule has 0 amide bonds. The average Bonchev–Trinajstić information content (AvgIpc) is 2.92. The lowest BCUT2D eigenvalue weighted by atomic mass is 10.0. The smallest absolute Gasteiger partial charge is 0.336 e. The minimum Gasteiger partial charge on any atom is -0.423 e. The molecule has 0 saturated carbocycles. The van der Waals surface area contributed by atoms with E-state index in [0.29, 0.717) is 16.9 Å². The summed E-state index contributed by atoms with van der Waals surface area (Å²) in [7, 11) is 1.86. The molecule has 2 aromatic carbocycles. The van der Waals surface area contributed by atoms with Gasteiger partial charge in [0.15, 0.2) is 5.78 Å². The number of esters is 1. The summed E-state index contributed by atoms with van der Waals surface area (Å²) in [5.41, 5.74) is 3.88. The molecule has 0 radical (unpaired) electrons. The van der Waals surface area contributed by atoms with Gasteiger partial charge >= 0.3 is 5.97 Å². The lowest BCUT2D eigenvalue weighted by molar-refractivity contribution is -0.128. The summed E-state index contributed by atoms with van der Waals surface area (Å²) in [6.45, 7) is 3.83. The van der Waals surface area contributed by atoms with Gasteiger partial charge < -0.3 is 4.74 Å². The molecule has 0 aliphatic rings. The summed E-state index contributed by atoms with van der Waals surface area (Å²) < 4.78 is 7.07. The molecule has 0 unspecified atom stereocenters. The lowest BCUT2D eigenvalue weighted by Gasteiger charge is -2.04. The number of hydrogen-bond donors (Lipinski definition) is 0. The van der Waals surface area contributed by atoms with Gasteiger partial charge in [-0.2, -0.15) is 5.10 Å².